The number of nitriles is 1. The zero-order valence-corrected chi connectivity index (χ0v) is 11.4. The van der Waals surface area contributed by atoms with Crippen LogP contribution >= 0.6 is 0 Å². The number of pyridine rings is 1. The van der Waals surface area contributed by atoms with E-state index in [0.717, 1.165) is 43.3 Å². The fourth-order valence-corrected chi connectivity index (χ4v) is 2.41. The van der Waals surface area contributed by atoms with Crippen molar-refractivity contribution in [1.29, 1.82) is 5.26 Å². The Hall–Kier alpha value is -2.42. The summed E-state index contributed by atoms with van der Waals surface area (Å²) in [5.74, 6) is 2.64. The zero-order valence-electron chi connectivity index (χ0n) is 11.4. The number of nitrogens with zero attached hydrogens (tertiary/aromatic N) is 5. The number of anilines is 1. The number of aryl methyl sites for hydroxylation is 2. The molecule has 0 aromatic carbocycles. The maximum absolute atomic E-state index is 8.78. The molecular weight excluding hydrogens is 252 g/mol. The van der Waals surface area contributed by atoms with Crippen molar-refractivity contribution in [1.82, 2.24) is 19.7 Å². The highest BCUT2D eigenvalue weighted by Gasteiger charge is 2.24. The normalized spacial score (nSPS) is 17.3. The highest BCUT2D eigenvalue weighted by Crippen LogP contribution is 2.26. The summed E-state index contributed by atoms with van der Waals surface area (Å²) in [6.07, 6.45) is 4.52. The Bertz CT molecular complexity index is 637. The van der Waals surface area contributed by atoms with Gasteiger partial charge in [-0.1, -0.05) is 6.92 Å². The summed E-state index contributed by atoms with van der Waals surface area (Å²) >= 11 is 0. The predicted octanol–water partition coefficient (Wildman–Crippen LogP) is 2.05. The Morgan fingerprint density at radius 3 is 3.10 bits per heavy atom. The summed E-state index contributed by atoms with van der Waals surface area (Å²) in [5, 5.41) is 16.7. The van der Waals surface area contributed by atoms with Gasteiger partial charge < -0.3 is 5.32 Å². The first-order valence-electron chi connectivity index (χ1n) is 6.86. The van der Waals surface area contributed by atoms with Gasteiger partial charge in [0.1, 0.15) is 17.7 Å². The van der Waals surface area contributed by atoms with E-state index in [1.807, 2.05) is 10.7 Å². The molecule has 1 aliphatic rings. The van der Waals surface area contributed by atoms with Crippen molar-refractivity contribution < 1.29 is 0 Å². The van der Waals surface area contributed by atoms with Crippen molar-refractivity contribution in [2.24, 2.45) is 0 Å². The van der Waals surface area contributed by atoms with Crippen LogP contribution in [0, 0.1) is 11.3 Å². The van der Waals surface area contributed by atoms with Crippen LogP contribution < -0.4 is 5.32 Å². The van der Waals surface area contributed by atoms with E-state index in [1.165, 1.54) is 0 Å². The number of hydrogen-bond acceptors (Lipinski definition) is 5. The molecule has 1 aliphatic heterocycles. The third kappa shape index (κ3) is 2.35. The van der Waals surface area contributed by atoms with Gasteiger partial charge in [-0.15, -0.1) is 0 Å². The second-order valence-corrected chi connectivity index (χ2v) is 4.85. The van der Waals surface area contributed by atoms with Crippen molar-refractivity contribution in [3.8, 4) is 6.07 Å². The molecule has 6 nitrogen and oxygen atoms in total. The average molecular weight is 268 g/mol. The Balaban J connectivity index is 1.81. The molecule has 0 saturated heterocycles. The SMILES string of the molecule is CCc1nc2n(n1)CCC[C@H]2Nc1ccc(C#N)cn1. The monoisotopic (exact) mass is 268 g/mol. The Morgan fingerprint density at radius 2 is 2.40 bits per heavy atom. The van der Waals surface area contributed by atoms with Crippen LogP contribution in [0.5, 0.6) is 0 Å². The fourth-order valence-electron chi connectivity index (χ4n) is 2.41. The molecule has 20 heavy (non-hydrogen) atoms. The molecule has 0 unspecified atom stereocenters. The Kier molecular flexibility index (Phi) is 3.33. The summed E-state index contributed by atoms with van der Waals surface area (Å²) in [7, 11) is 0. The van der Waals surface area contributed by atoms with Gasteiger partial charge in [-0.05, 0) is 25.0 Å². The second kappa shape index (κ2) is 5.29. The second-order valence-electron chi connectivity index (χ2n) is 4.85. The van der Waals surface area contributed by atoms with Gasteiger partial charge in [0.05, 0.1) is 11.6 Å². The minimum absolute atomic E-state index is 0.136. The summed E-state index contributed by atoms with van der Waals surface area (Å²) < 4.78 is 1.99. The molecule has 0 fully saturated rings. The van der Waals surface area contributed by atoms with Crippen LogP contribution in [0.25, 0.3) is 0 Å². The van der Waals surface area contributed by atoms with Crippen molar-refractivity contribution in [3.63, 3.8) is 0 Å². The van der Waals surface area contributed by atoms with Gasteiger partial charge >= 0.3 is 0 Å². The van der Waals surface area contributed by atoms with Crippen molar-refractivity contribution >= 4 is 5.82 Å². The Morgan fingerprint density at radius 1 is 1.50 bits per heavy atom. The van der Waals surface area contributed by atoms with Crippen LogP contribution in [-0.2, 0) is 13.0 Å². The smallest absolute Gasteiger partial charge is 0.150 e. The summed E-state index contributed by atoms with van der Waals surface area (Å²) in [5.41, 5.74) is 0.565. The highest BCUT2D eigenvalue weighted by molar-refractivity contribution is 5.40. The van der Waals surface area contributed by atoms with E-state index < -0.39 is 0 Å². The first-order valence-corrected chi connectivity index (χ1v) is 6.86. The van der Waals surface area contributed by atoms with Gasteiger partial charge in [-0.25, -0.2) is 14.6 Å². The van der Waals surface area contributed by atoms with E-state index in [2.05, 4.69) is 33.4 Å². The zero-order chi connectivity index (χ0) is 13.9. The van der Waals surface area contributed by atoms with Gasteiger partial charge in [0, 0.05) is 19.2 Å². The van der Waals surface area contributed by atoms with Gasteiger partial charge in [-0.2, -0.15) is 10.4 Å². The molecule has 1 atom stereocenters. The van der Waals surface area contributed by atoms with Crippen LogP contribution in [0.2, 0.25) is 0 Å². The van der Waals surface area contributed by atoms with Crippen molar-refractivity contribution in [2.45, 2.75) is 38.8 Å². The standard InChI is InChI=1S/C14H16N6/c1-2-12-18-14-11(4-3-7-20(14)19-12)17-13-6-5-10(8-15)9-16-13/h5-6,9,11H,2-4,7H2,1H3,(H,16,17)/t11-/m1/s1. The number of rotatable bonds is 3. The lowest BCUT2D eigenvalue weighted by Gasteiger charge is -2.23. The minimum atomic E-state index is 0.136. The van der Waals surface area contributed by atoms with Gasteiger partial charge in [0.2, 0.25) is 0 Å². The van der Waals surface area contributed by atoms with E-state index in [9.17, 15) is 0 Å². The lowest BCUT2D eigenvalue weighted by Crippen LogP contribution is -2.23. The molecule has 6 heteroatoms. The molecule has 0 amide bonds. The summed E-state index contributed by atoms with van der Waals surface area (Å²) in [6.45, 7) is 2.99. The quantitative estimate of drug-likeness (QED) is 0.921. The van der Waals surface area contributed by atoms with Crippen LogP contribution in [-0.4, -0.2) is 19.7 Å². The lowest BCUT2D eigenvalue weighted by atomic mass is 10.1. The molecular formula is C14H16N6. The van der Waals surface area contributed by atoms with E-state index >= 15 is 0 Å². The third-order valence-electron chi connectivity index (χ3n) is 3.45. The number of hydrogen-bond donors (Lipinski definition) is 1. The molecule has 0 saturated carbocycles. The molecule has 0 aliphatic carbocycles. The molecule has 102 valence electrons. The van der Waals surface area contributed by atoms with Gasteiger partial charge in [-0.3, -0.25) is 0 Å². The first-order chi connectivity index (χ1) is 9.80. The van der Waals surface area contributed by atoms with E-state index in [-0.39, 0.29) is 6.04 Å². The fraction of sp³-hybridized carbons (Fsp3) is 0.429. The topological polar surface area (TPSA) is 79.4 Å². The number of aromatic nitrogens is 4. The third-order valence-corrected chi connectivity index (χ3v) is 3.45. The maximum Gasteiger partial charge on any atom is 0.150 e. The van der Waals surface area contributed by atoms with Crippen LogP contribution in [0.4, 0.5) is 5.82 Å². The number of fused-ring (bicyclic) bond motifs is 1. The first kappa shape index (κ1) is 12.6. The molecule has 2 aromatic rings. The van der Waals surface area contributed by atoms with Crippen molar-refractivity contribution in [2.75, 3.05) is 5.32 Å². The van der Waals surface area contributed by atoms with Gasteiger partial charge in [0.25, 0.3) is 0 Å². The lowest BCUT2D eigenvalue weighted by molar-refractivity contribution is 0.436. The minimum Gasteiger partial charge on any atom is -0.360 e. The van der Waals surface area contributed by atoms with Crippen LogP contribution in [0.3, 0.4) is 0 Å². The van der Waals surface area contributed by atoms with Crippen LogP contribution in [0.1, 0.15) is 43.0 Å². The molecule has 3 rings (SSSR count). The highest BCUT2D eigenvalue weighted by atomic mass is 15.4. The van der Waals surface area contributed by atoms with E-state index in [1.54, 1.807) is 12.3 Å². The van der Waals surface area contributed by atoms with Gasteiger partial charge in [0.15, 0.2) is 5.82 Å². The number of nitrogens with one attached hydrogen (secondary N) is 1. The molecule has 3 heterocycles. The summed E-state index contributed by atoms with van der Waals surface area (Å²) in [4.78, 5) is 8.84. The van der Waals surface area contributed by atoms with E-state index in [4.69, 9.17) is 5.26 Å². The Labute approximate surface area is 117 Å². The largest absolute Gasteiger partial charge is 0.360 e. The molecule has 0 bridgehead atoms. The van der Waals surface area contributed by atoms with Crippen LogP contribution in [0.15, 0.2) is 18.3 Å². The molecule has 1 N–H and O–H groups in total. The molecule has 2 aromatic heterocycles. The summed E-state index contributed by atoms with van der Waals surface area (Å²) in [6, 6.07) is 5.80. The van der Waals surface area contributed by atoms with E-state index in [0.29, 0.717) is 5.56 Å². The van der Waals surface area contributed by atoms with Crippen molar-refractivity contribution in [3.05, 3.63) is 35.5 Å². The predicted molar refractivity (Wildman–Crippen MR) is 73.9 cm³/mol. The maximum atomic E-state index is 8.78. The molecule has 0 radical (unpaired) electrons. The molecule has 0 spiro atoms. The average Bonchev–Trinajstić information content (AvgIpc) is 2.92.